The topological polar surface area (TPSA) is 55.1 Å². The molecule has 0 atom stereocenters. The minimum atomic E-state index is -1.10. The molecule has 1 aromatic heterocycles. The molecule has 0 aliphatic heterocycles. The van der Waals surface area contributed by atoms with E-state index in [1.54, 1.807) is 10.9 Å². The van der Waals surface area contributed by atoms with Crippen LogP contribution >= 0.6 is 0 Å². The Kier molecular flexibility index (Phi) is 3.23. The molecule has 0 saturated heterocycles. The highest BCUT2D eigenvalue weighted by molar-refractivity contribution is 5.95. The van der Waals surface area contributed by atoms with Gasteiger partial charge < -0.3 is 5.11 Å². The molecular formula is C16H11FN2O2. The maximum atomic E-state index is 13.4. The fourth-order valence-corrected chi connectivity index (χ4v) is 2.13. The van der Waals surface area contributed by atoms with Crippen LogP contribution in [0.1, 0.15) is 10.4 Å². The van der Waals surface area contributed by atoms with Crippen LogP contribution in [0.4, 0.5) is 4.39 Å². The van der Waals surface area contributed by atoms with Crippen molar-refractivity contribution in [2.75, 3.05) is 0 Å². The Morgan fingerprint density at radius 2 is 1.90 bits per heavy atom. The van der Waals surface area contributed by atoms with Gasteiger partial charge in [0.2, 0.25) is 0 Å². The number of carbonyl (C=O) groups is 1. The van der Waals surface area contributed by atoms with Crippen molar-refractivity contribution >= 4 is 5.97 Å². The maximum absolute atomic E-state index is 13.4. The minimum absolute atomic E-state index is 0.0454. The van der Waals surface area contributed by atoms with Crippen molar-refractivity contribution in [1.82, 2.24) is 9.78 Å². The molecule has 0 aliphatic rings. The van der Waals surface area contributed by atoms with Crippen LogP contribution in [0.5, 0.6) is 0 Å². The zero-order chi connectivity index (χ0) is 14.8. The third kappa shape index (κ3) is 2.53. The zero-order valence-electron chi connectivity index (χ0n) is 10.9. The number of aromatic carboxylic acids is 1. The van der Waals surface area contributed by atoms with Gasteiger partial charge in [-0.2, -0.15) is 5.10 Å². The molecule has 3 aromatic rings. The molecule has 0 unspecified atom stereocenters. The number of halogens is 1. The fraction of sp³-hybridized carbons (Fsp3) is 0. The van der Waals surface area contributed by atoms with Gasteiger partial charge in [-0.25, -0.2) is 13.9 Å². The lowest BCUT2D eigenvalue weighted by molar-refractivity contribution is 0.0697. The van der Waals surface area contributed by atoms with Crippen molar-refractivity contribution in [3.8, 4) is 16.8 Å². The highest BCUT2D eigenvalue weighted by Crippen LogP contribution is 2.25. The van der Waals surface area contributed by atoms with E-state index >= 15 is 0 Å². The molecule has 5 heteroatoms. The van der Waals surface area contributed by atoms with Crippen molar-refractivity contribution in [2.24, 2.45) is 0 Å². The molecule has 1 heterocycles. The number of benzene rings is 2. The summed E-state index contributed by atoms with van der Waals surface area (Å²) in [4.78, 5) is 11.2. The first-order chi connectivity index (χ1) is 10.1. The van der Waals surface area contributed by atoms with Gasteiger partial charge in [0.25, 0.3) is 0 Å². The van der Waals surface area contributed by atoms with Crippen LogP contribution < -0.4 is 0 Å². The Labute approximate surface area is 120 Å². The summed E-state index contributed by atoms with van der Waals surface area (Å²) in [5, 5.41) is 13.4. The van der Waals surface area contributed by atoms with Crippen LogP contribution in [0, 0.1) is 5.82 Å². The monoisotopic (exact) mass is 282 g/mol. The number of carboxylic acid groups (broad SMARTS) is 1. The smallest absolute Gasteiger partial charge is 0.336 e. The Morgan fingerprint density at radius 1 is 1.14 bits per heavy atom. The summed E-state index contributed by atoms with van der Waals surface area (Å²) in [5.74, 6) is -1.58. The molecule has 0 amide bonds. The fourth-order valence-electron chi connectivity index (χ4n) is 2.13. The molecule has 0 saturated carbocycles. The molecule has 0 aliphatic carbocycles. The quantitative estimate of drug-likeness (QED) is 0.801. The summed E-state index contributed by atoms with van der Waals surface area (Å²) in [6.07, 6.45) is 3.20. The average Bonchev–Trinajstić information content (AvgIpc) is 2.97. The number of para-hydroxylation sites is 1. The van der Waals surface area contributed by atoms with Crippen molar-refractivity contribution in [3.05, 3.63) is 72.3 Å². The van der Waals surface area contributed by atoms with E-state index in [9.17, 15) is 14.3 Å². The highest BCUT2D eigenvalue weighted by Gasteiger charge is 2.14. The van der Waals surface area contributed by atoms with Crippen molar-refractivity contribution in [3.63, 3.8) is 0 Å². The third-order valence-electron chi connectivity index (χ3n) is 3.13. The number of aromatic nitrogens is 2. The summed E-state index contributed by atoms with van der Waals surface area (Å²) in [6.45, 7) is 0. The Hall–Kier alpha value is -2.95. The minimum Gasteiger partial charge on any atom is -0.478 e. The van der Waals surface area contributed by atoms with Crippen LogP contribution in [-0.4, -0.2) is 20.9 Å². The molecule has 0 radical (unpaired) electrons. The SMILES string of the molecule is O=C(O)c1ccc(F)cc1-c1cnn(-c2ccccc2)c1. The largest absolute Gasteiger partial charge is 0.478 e. The number of rotatable bonds is 3. The average molecular weight is 282 g/mol. The van der Waals surface area contributed by atoms with Gasteiger partial charge in [0.1, 0.15) is 5.82 Å². The van der Waals surface area contributed by atoms with E-state index in [4.69, 9.17) is 0 Å². The van der Waals surface area contributed by atoms with E-state index in [1.165, 1.54) is 18.3 Å². The van der Waals surface area contributed by atoms with Gasteiger partial charge in [0.05, 0.1) is 17.4 Å². The molecule has 0 spiro atoms. The van der Waals surface area contributed by atoms with E-state index in [2.05, 4.69) is 5.10 Å². The lowest BCUT2D eigenvalue weighted by Gasteiger charge is -2.04. The summed E-state index contributed by atoms with van der Waals surface area (Å²) >= 11 is 0. The summed E-state index contributed by atoms with van der Waals surface area (Å²) in [7, 11) is 0. The highest BCUT2D eigenvalue weighted by atomic mass is 19.1. The standard InChI is InChI=1S/C16H11FN2O2/c17-12-6-7-14(16(20)21)15(8-12)11-9-18-19(10-11)13-4-2-1-3-5-13/h1-10H,(H,20,21). The second-order valence-corrected chi connectivity index (χ2v) is 4.50. The van der Waals surface area contributed by atoms with Gasteiger partial charge in [-0.3, -0.25) is 0 Å². The molecule has 4 nitrogen and oxygen atoms in total. The predicted molar refractivity (Wildman–Crippen MR) is 75.9 cm³/mol. The molecular weight excluding hydrogens is 271 g/mol. The van der Waals surface area contributed by atoms with Crippen LogP contribution in [-0.2, 0) is 0 Å². The lowest BCUT2D eigenvalue weighted by atomic mass is 10.0. The van der Waals surface area contributed by atoms with Gasteiger partial charge in [0.15, 0.2) is 0 Å². The van der Waals surface area contributed by atoms with E-state index in [1.807, 2.05) is 30.3 Å². The Balaban J connectivity index is 2.08. The molecule has 0 bridgehead atoms. The van der Waals surface area contributed by atoms with Gasteiger partial charge in [-0.15, -0.1) is 0 Å². The predicted octanol–water partition coefficient (Wildman–Crippen LogP) is 3.38. The lowest BCUT2D eigenvalue weighted by Crippen LogP contribution is -1.99. The first-order valence-electron chi connectivity index (χ1n) is 6.28. The summed E-state index contributed by atoms with van der Waals surface area (Å²) < 4.78 is 15.0. The first-order valence-corrected chi connectivity index (χ1v) is 6.28. The maximum Gasteiger partial charge on any atom is 0.336 e. The molecule has 0 fully saturated rings. The van der Waals surface area contributed by atoms with Crippen molar-refractivity contribution in [2.45, 2.75) is 0 Å². The number of hydrogen-bond acceptors (Lipinski definition) is 2. The van der Waals surface area contributed by atoms with E-state index < -0.39 is 11.8 Å². The second-order valence-electron chi connectivity index (χ2n) is 4.50. The van der Waals surface area contributed by atoms with Crippen molar-refractivity contribution in [1.29, 1.82) is 0 Å². The van der Waals surface area contributed by atoms with E-state index in [-0.39, 0.29) is 5.56 Å². The molecule has 2 aromatic carbocycles. The van der Waals surface area contributed by atoms with E-state index in [0.717, 1.165) is 11.8 Å². The number of hydrogen-bond donors (Lipinski definition) is 1. The molecule has 3 rings (SSSR count). The first kappa shape index (κ1) is 13.1. The normalized spacial score (nSPS) is 10.5. The summed E-state index contributed by atoms with van der Waals surface area (Å²) in [5.41, 5.74) is 1.75. The van der Waals surface area contributed by atoms with Crippen LogP contribution in [0.3, 0.4) is 0 Å². The second kappa shape index (κ2) is 5.20. The Morgan fingerprint density at radius 3 is 2.62 bits per heavy atom. The number of nitrogens with zero attached hydrogens (tertiary/aromatic N) is 2. The van der Waals surface area contributed by atoms with Crippen LogP contribution in [0.2, 0.25) is 0 Å². The van der Waals surface area contributed by atoms with Gasteiger partial charge in [-0.05, 0) is 30.3 Å². The van der Waals surface area contributed by atoms with Gasteiger partial charge >= 0.3 is 5.97 Å². The van der Waals surface area contributed by atoms with Gasteiger partial charge in [0, 0.05) is 17.3 Å². The molecule has 1 N–H and O–H groups in total. The molecule has 104 valence electrons. The molecule has 21 heavy (non-hydrogen) atoms. The van der Waals surface area contributed by atoms with Crippen LogP contribution in [0.15, 0.2) is 60.9 Å². The van der Waals surface area contributed by atoms with Crippen molar-refractivity contribution < 1.29 is 14.3 Å². The Bertz CT molecular complexity index is 797. The van der Waals surface area contributed by atoms with Gasteiger partial charge in [-0.1, -0.05) is 18.2 Å². The van der Waals surface area contributed by atoms with E-state index in [0.29, 0.717) is 11.1 Å². The summed E-state index contributed by atoms with van der Waals surface area (Å²) in [6, 6.07) is 13.0. The zero-order valence-corrected chi connectivity index (χ0v) is 10.9. The third-order valence-corrected chi connectivity index (χ3v) is 3.13. The number of carboxylic acids is 1. The van der Waals surface area contributed by atoms with Crippen LogP contribution in [0.25, 0.3) is 16.8 Å².